The minimum absolute atomic E-state index is 0. The van der Waals surface area contributed by atoms with E-state index in [4.69, 9.17) is 51.1 Å². The van der Waals surface area contributed by atoms with Gasteiger partial charge in [0, 0.05) is 66.6 Å². The Labute approximate surface area is 141 Å². The van der Waals surface area contributed by atoms with Crippen LogP contribution in [-0.2, 0) is 19.2 Å². The monoisotopic (exact) mass is 415 g/mol. The Bertz CT molecular complexity index is 195. The van der Waals surface area contributed by atoms with Gasteiger partial charge in [0.25, 0.3) is 23.9 Å². The van der Waals surface area contributed by atoms with Crippen LogP contribution in [0.5, 0.6) is 0 Å². The van der Waals surface area contributed by atoms with E-state index in [0.29, 0.717) is 13.1 Å². The van der Waals surface area contributed by atoms with Crippen molar-refractivity contribution >= 4 is 49.7 Å². The maximum Gasteiger partial charge on any atom is 0.300 e. The molecule has 0 unspecified atom stereocenters. The minimum Gasteiger partial charge on any atom is -0.481 e. The molecule has 0 aliphatic heterocycles. The van der Waals surface area contributed by atoms with Crippen molar-refractivity contribution < 1.29 is 39.6 Å². The van der Waals surface area contributed by atoms with Gasteiger partial charge in [-0.25, -0.2) is 0 Å². The fourth-order valence-electron chi connectivity index (χ4n) is 0. The van der Waals surface area contributed by atoms with Gasteiger partial charge in [0.2, 0.25) is 0 Å². The minimum atomic E-state index is -0.833. The number of aliphatic carboxylic acids is 4. The first-order valence-electron chi connectivity index (χ1n) is 5.03. The van der Waals surface area contributed by atoms with Gasteiger partial charge in [-0.15, -0.1) is 0 Å². The second-order valence-electron chi connectivity index (χ2n) is 2.65. The molecule has 0 fully saturated rings. The number of nitrogens with two attached hydrogens (primary N) is 2. The zero-order chi connectivity index (χ0) is 17.7. The standard InChI is InChI=1S/C2H8N2.4C2H4O2.In/c3-1-2-4;4*1-2(3)4;/h1-4H2;4*1H3,(H,3,4);. The van der Waals surface area contributed by atoms with Gasteiger partial charge in [0.15, 0.2) is 0 Å². The van der Waals surface area contributed by atoms with E-state index in [-0.39, 0.29) is 25.8 Å². The summed E-state index contributed by atoms with van der Waals surface area (Å²) in [6.45, 7) is 5.53. The molecule has 8 N–H and O–H groups in total. The Hall–Kier alpha value is -1.33. The second-order valence-corrected chi connectivity index (χ2v) is 2.65. The van der Waals surface area contributed by atoms with Crippen LogP contribution in [0.25, 0.3) is 0 Å². The average molecular weight is 415 g/mol. The molecule has 21 heavy (non-hydrogen) atoms. The molecule has 0 aromatic rings. The van der Waals surface area contributed by atoms with Crippen molar-refractivity contribution in [1.82, 2.24) is 0 Å². The Kier molecular flexibility index (Phi) is 63.4. The van der Waals surface area contributed by atoms with E-state index in [1.807, 2.05) is 0 Å². The summed E-state index contributed by atoms with van der Waals surface area (Å²) >= 11 is 0. The molecule has 0 saturated heterocycles. The third kappa shape index (κ3) is 47700. The fraction of sp³-hybridized carbons (Fsp3) is 0.600. The first-order valence-corrected chi connectivity index (χ1v) is 5.03. The van der Waals surface area contributed by atoms with Crippen LogP contribution in [0.1, 0.15) is 27.7 Å². The molecule has 125 valence electrons. The largest absolute Gasteiger partial charge is 0.481 e. The molecular weight excluding hydrogens is 391 g/mol. The topological polar surface area (TPSA) is 201 Å². The van der Waals surface area contributed by atoms with Crippen LogP contribution in [0, 0.1) is 0 Å². The van der Waals surface area contributed by atoms with Crippen LogP contribution >= 0.6 is 0 Å². The van der Waals surface area contributed by atoms with E-state index in [1.54, 1.807) is 0 Å². The SMILES string of the molecule is CC(=O)O.CC(=O)O.CC(=O)O.CC(=O)O.NCCN.[In]. The van der Waals surface area contributed by atoms with E-state index < -0.39 is 23.9 Å². The van der Waals surface area contributed by atoms with Gasteiger partial charge in [0.05, 0.1) is 0 Å². The van der Waals surface area contributed by atoms with Crippen molar-refractivity contribution in [2.75, 3.05) is 13.1 Å². The molecule has 0 spiro atoms. The summed E-state index contributed by atoms with van der Waals surface area (Å²) in [4.78, 5) is 36.0. The van der Waals surface area contributed by atoms with Crippen molar-refractivity contribution in [3.8, 4) is 0 Å². The Morgan fingerprint density at radius 1 is 0.619 bits per heavy atom. The molecule has 0 saturated carbocycles. The predicted octanol–water partition coefficient (Wildman–Crippen LogP) is -1.11. The zero-order valence-electron chi connectivity index (χ0n) is 12.6. The first kappa shape index (κ1) is 36.7. The van der Waals surface area contributed by atoms with E-state index in [2.05, 4.69) is 0 Å². The van der Waals surface area contributed by atoms with Crippen LogP contribution in [-0.4, -0.2) is 83.2 Å². The smallest absolute Gasteiger partial charge is 0.300 e. The molecule has 0 aliphatic carbocycles. The van der Waals surface area contributed by atoms with E-state index in [1.165, 1.54) is 0 Å². The maximum atomic E-state index is 9.00. The molecule has 0 atom stereocenters. The van der Waals surface area contributed by atoms with Crippen LogP contribution in [0.2, 0.25) is 0 Å². The Morgan fingerprint density at radius 3 is 0.667 bits per heavy atom. The number of rotatable bonds is 1. The summed E-state index contributed by atoms with van der Waals surface area (Å²) in [5, 5.41) is 29.7. The van der Waals surface area contributed by atoms with Crippen LogP contribution < -0.4 is 11.5 Å². The summed E-state index contributed by atoms with van der Waals surface area (Å²) in [6, 6.07) is 0. The molecule has 10 nitrogen and oxygen atoms in total. The maximum absolute atomic E-state index is 9.00. The average Bonchev–Trinajstić information content (AvgIpc) is 2.13. The van der Waals surface area contributed by atoms with Gasteiger partial charge >= 0.3 is 0 Å². The van der Waals surface area contributed by atoms with E-state index >= 15 is 0 Å². The summed E-state index contributed by atoms with van der Waals surface area (Å²) in [7, 11) is 0. The van der Waals surface area contributed by atoms with Crippen molar-refractivity contribution in [3.63, 3.8) is 0 Å². The zero-order valence-corrected chi connectivity index (χ0v) is 15.9. The van der Waals surface area contributed by atoms with Gasteiger partial charge in [0.1, 0.15) is 0 Å². The molecule has 0 bridgehead atoms. The van der Waals surface area contributed by atoms with Gasteiger partial charge < -0.3 is 31.9 Å². The molecule has 0 rings (SSSR count). The number of hydrogen-bond acceptors (Lipinski definition) is 6. The summed E-state index contributed by atoms with van der Waals surface area (Å²) in [6.07, 6.45) is 0. The summed E-state index contributed by atoms with van der Waals surface area (Å²) in [5.41, 5.74) is 9.81. The molecular formula is C10H24InN2O8. The number of carbonyl (C=O) groups is 4. The van der Waals surface area contributed by atoms with Gasteiger partial charge in [-0.1, -0.05) is 0 Å². The van der Waals surface area contributed by atoms with E-state index in [0.717, 1.165) is 27.7 Å². The Balaban J connectivity index is -0.0000000331. The number of hydrogen-bond donors (Lipinski definition) is 6. The quantitative estimate of drug-likeness (QED) is 0.305. The number of carboxylic acids is 4. The van der Waals surface area contributed by atoms with Crippen molar-refractivity contribution in [2.24, 2.45) is 11.5 Å². The molecule has 0 heterocycles. The second kappa shape index (κ2) is 36.3. The third-order valence-electron chi connectivity index (χ3n) is 0.167. The molecule has 0 aliphatic rings. The first-order chi connectivity index (χ1) is 8.84. The van der Waals surface area contributed by atoms with Crippen molar-refractivity contribution in [2.45, 2.75) is 27.7 Å². The van der Waals surface area contributed by atoms with Crippen molar-refractivity contribution in [3.05, 3.63) is 0 Å². The molecule has 11 heteroatoms. The number of carboxylic acid groups (broad SMARTS) is 4. The Morgan fingerprint density at radius 2 is 0.667 bits per heavy atom. The molecule has 0 aromatic heterocycles. The molecule has 0 amide bonds. The van der Waals surface area contributed by atoms with Crippen LogP contribution in [0.4, 0.5) is 0 Å². The van der Waals surface area contributed by atoms with Gasteiger partial charge in [-0.3, -0.25) is 19.2 Å². The fourth-order valence-corrected chi connectivity index (χ4v) is 0. The summed E-state index contributed by atoms with van der Waals surface area (Å²) < 4.78 is 0. The van der Waals surface area contributed by atoms with Crippen LogP contribution in [0.3, 0.4) is 0 Å². The van der Waals surface area contributed by atoms with Gasteiger partial charge in [-0.05, 0) is 0 Å². The van der Waals surface area contributed by atoms with E-state index in [9.17, 15) is 0 Å². The van der Waals surface area contributed by atoms with Crippen LogP contribution in [0.15, 0.2) is 0 Å². The molecule has 3 radical (unpaired) electrons. The third-order valence-corrected chi connectivity index (χ3v) is 0.167. The van der Waals surface area contributed by atoms with Gasteiger partial charge in [-0.2, -0.15) is 0 Å². The molecule has 0 aromatic carbocycles. The van der Waals surface area contributed by atoms with Crippen molar-refractivity contribution in [1.29, 1.82) is 0 Å². The summed E-state index contributed by atoms with van der Waals surface area (Å²) in [5.74, 6) is -3.33. The normalized spacial score (nSPS) is 6.19. The predicted molar refractivity (Wildman–Crippen MR) is 77.1 cm³/mol.